The molecular formula is C11H11NO4. The zero-order valence-corrected chi connectivity index (χ0v) is 8.47. The molecule has 0 bridgehead atoms. The van der Waals surface area contributed by atoms with Gasteiger partial charge in [0.15, 0.2) is 0 Å². The van der Waals surface area contributed by atoms with Crippen molar-refractivity contribution >= 4 is 17.6 Å². The van der Waals surface area contributed by atoms with Crippen LogP contribution >= 0.6 is 0 Å². The molecule has 1 aliphatic rings. The number of esters is 1. The van der Waals surface area contributed by atoms with Gasteiger partial charge in [-0.15, -0.1) is 0 Å². The summed E-state index contributed by atoms with van der Waals surface area (Å²) in [5.41, 5.74) is 0.938. The van der Waals surface area contributed by atoms with Crippen LogP contribution in [-0.4, -0.2) is 29.7 Å². The van der Waals surface area contributed by atoms with E-state index in [0.29, 0.717) is 18.7 Å². The van der Waals surface area contributed by atoms with Gasteiger partial charge in [-0.05, 0) is 24.3 Å². The molecule has 1 fully saturated rings. The van der Waals surface area contributed by atoms with Gasteiger partial charge in [0.05, 0.1) is 12.2 Å². The highest BCUT2D eigenvalue weighted by molar-refractivity contribution is 5.88. The van der Waals surface area contributed by atoms with Crippen LogP contribution in [-0.2, 0) is 9.53 Å². The number of benzene rings is 1. The number of anilines is 1. The SMILES string of the molecule is O=C(O)c1ccc(NC2CCOC2=O)cc1. The number of hydrogen-bond acceptors (Lipinski definition) is 4. The van der Waals surface area contributed by atoms with Crippen LogP contribution in [0.4, 0.5) is 5.69 Å². The number of carbonyl (C=O) groups is 2. The van der Waals surface area contributed by atoms with Crippen molar-refractivity contribution in [3.8, 4) is 0 Å². The van der Waals surface area contributed by atoms with E-state index in [1.54, 1.807) is 12.1 Å². The highest BCUT2D eigenvalue weighted by atomic mass is 16.5. The Morgan fingerprint density at radius 2 is 2.06 bits per heavy atom. The topological polar surface area (TPSA) is 75.6 Å². The van der Waals surface area contributed by atoms with Crippen LogP contribution in [0.1, 0.15) is 16.8 Å². The third-order valence-corrected chi connectivity index (χ3v) is 2.41. The molecule has 1 unspecified atom stereocenters. The molecule has 0 spiro atoms. The Kier molecular flexibility index (Phi) is 2.76. The first-order chi connectivity index (χ1) is 7.66. The van der Waals surface area contributed by atoms with Gasteiger partial charge in [0.25, 0.3) is 0 Å². The van der Waals surface area contributed by atoms with Crippen LogP contribution in [0, 0.1) is 0 Å². The first-order valence-corrected chi connectivity index (χ1v) is 4.93. The first-order valence-electron chi connectivity index (χ1n) is 4.93. The number of carboxylic acids is 1. The Labute approximate surface area is 92.0 Å². The molecule has 5 nitrogen and oxygen atoms in total. The van der Waals surface area contributed by atoms with Crippen molar-refractivity contribution in [3.05, 3.63) is 29.8 Å². The molecule has 1 saturated heterocycles. The van der Waals surface area contributed by atoms with E-state index in [4.69, 9.17) is 9.84 Å². The molecule has 1 heterocycles. The van der Waals surface area contributed by atoms with Gasteiger partial charge in [-0.1, -0.05) is 0 Å². The molecule has 1 aromatic carbocycles. The Hall–Kier alpha value is -2.04. The van der Waals surface area contributed by atoms with E-state index < -0.39 is 5.97 Å². The third kappa shape index (κ3) is 2.13. The van der Waals surface area contributed by atoms with Crippen molar-refractivity contribution in [2.45, 2.75) is 12.5 Å². The molecule has 0 saturated carbocycles. The molecule has 1 aliphatic heterocycles. The summed E-state index contributed by atoms with van der Waals surface area (Å²) in [5, 5.41) is 11.7. The van der Waals surface area contributed by atoms with Gasteiger partial charge >= 0.3 is 11.9 Å². The molecule has 0 aliphatic carbocycles. The maximum atomic E-state index is 11.2. The molecule has 0 aromatic heterocycles. The van der Waals surface area contributed by atoms with Crippen molar-refractivity contribution in [1.82, 2.24) is 0 Å². The second kappa shape index (κ2) is 4.22. The second-order valence-electron chi connectivity index (χ2n) is 3.54. The number of nitrogens with one attached hydrogen (secondary N) is 1. The molecule has 1 atom stereocenters. The molecule has 2 rings (SSSR count). The molecule has 2 N–H and O–H groups in total. The van der Waals surface area contributed by atoms with E-state index in [9.17, 15) is 9.59 Å². The quantitative estimate of drug-likeness (QED) is 0.748. The van der Waals surface area contributed by atoms with Gasteiger partial charge in [0, 0.05) is 12.1 Å². The second-order valence-corrected chi connectivity index (χ2v) is 3.54. The van der Waals surface area contributed by atoms with E-state index in [0.717, 1.165) is 0 Å². The van der Waals surface area contributed by atoms with E-state index in [1.165, 1.54) is 12.1 Å². The van der Waals surface area contributed by atoms with Crippen molar-refractivity contribution in [2.75, 3.05) is 11.9 Å². The Balaban J connectivity index is 2.05. The monoisotopic (exact) mass is 221 g/mol. The summed E-state index contributed by atoms with van der Waals surface area (Å²) in [6.45, 7) is 0.434. The Morgan fingerprint density at radius 1 is 1.38 bits per heavy atom. The lowest BCUT2D eigenvalue weighted by atomic mass is 10.2. The van der Waals surface area contributed by atoms with Gasteiger partial charge in [-0.2, -0.15) is 0 Å². The summed E-state index contributed by atoms with van der Waals surface area (Å²) in [6.07, 6.45) is 0.638. The summed E-state index contributed by atoms with van der Waals surface area (Å²) in [7, 11) is 0. The Morgan fingerprint density at radius 3 is 2.56 bits per heavy atom. The van der Waals surface area contributed by atoms with Crippen molar-refractivity contribution < 1.29 is 19.4 Å². The van der Waals surface area contributed by atoms with Gasteiger partial charge in [0.1, 0.15) is 6.04 Å². The number of ether oxygens (including phenoxy) is 1. The highest BCUT2D eigenvalue weighted by Crippen LogP contribution is 2.15. The van der Waals surface area contributed by atoms with Gasteiger partial charge in [0.2, 0.25) is 0 Å². The minimum atomic E-state index is -0.966. The maximum Gasteiger partial charge on any atom is 0.335 e. The first kappa shape index (κ1) is 10.5. The van der Waals surface area contributed by atoms with Crippen LogP contribution in [0.5, 0.6) is 0 Å². The maximum absolute atomic E-state index is 11.2. The zero-order chi connectivity index (χ0) is 11.5. The fourth-order valence-corrected chi connectivity index (χ4v) is 1.54. The van der Waals surface area contributed by atoms with E-state index in [-0.39, 0.29) is 17.6 Å². The van der Waals surface area contributed by atoms with E-state index >= 15 is 0 Å². The summed E-state index contributed by atoms with van der Waals surface area (Å²) in [6, 6.07) is 5.93. The Bertz CT molecular complexity index is 412. The summed E-state index contributed by atoms with van der Waals surface area (Å²) in [5.74, 6) is -1.23. The van der Waals surface area contributed by atoms with Crippen LogP contribution in [0.25, 0.3) is 0 Å². The predicted octanol–water partition coefficient (Wildman–Crippen LogP) is 1.11. The summed E-state index contributed by atoms with van der Waals surface area (Å²) in [4.78, 5) is 21.8. The van der Waals surface area contributed by atoms with Crippen LogP contribution in [0.15, 0.2) is 24.3 Å². The lowest BCUT2D eigenvalue weighted by Gasteiger charge is -2.10. The summed E-state index contributed by atoms with van der Waals surface area (Å²) < 4.78 is 4.80. The minimum Gasteiger partial charge on any atom is -0.478 e. The highest BCUT2D eigenvalue weighted by Gasteiger charge is 2.25. The van der Waals surface area contributed by atoms with Gasteiger partial charge < -0.3 is 15.2 Å². The average Bonchev–Trinajstić information content (AvgIpc) is 2.65. The van der Waals surface area contributed by atoms with Crippen LogP contribution in [0.2, 0.25) is 0 Å². The molecule has 0 radical (unpaired) electrons. The molecule has 84 valence electrons. The molecule has 1 aromatic rings. The number of carbonyl (C=O) groups excluding carboxylic acids is 1. The molecule has 5 heteroatoms. The van der Waals surface area contributed by atoms with E-state index in [1.807, 2.05) is 0 Å². The predicted molar refractivity (Wildman–Crippen MR) is 56.4 cm³/mol. The lowest BCUT2D eigenvalue weighted by Crippen LogP contribution is -2.24. The fourth-order valence-electron chi connectivity index (χ4n) is 1.54. The zero-order valence-electron chi connectivity index (χ0n) is 8.47. The van der Waals surface area contributed by atoms with Crippen molar-refractivity contribution in [3.63, 3.8) is 0 Å². The third-order valence-electron chi connectivity index (χ3n) is 2.41. The van der Waals surface area contributed by atoms with E-state index in [2.05, 4.69) is 5.32 Å². The average molecular weight is 221 g/mol. The molecule has 16 heavy (non-hydrogen) atoms. The number of aromatic carboxylic acids is 1. The van der Waals surface area contributed by atoms with Crippen LogP contribution < -0.4 is 5.32 Å². The normalized spacial score (nSPS) is 19.2. The molecular weight excluding hydrogens is 210 g/mol. The smallest absolute Gasteiger partial charge is 0.335 e. The number of cyclic esters (lactones) is 1. The number of rotatable bonds is 3. The largest absolute Gasteiger partial charge is 0.478 e. The van der Waals surface area contributed by atoms with Gasteiger partial charge in [-0.3, -0.25) is 0 Å². The molecule has 0 amide bonds. The summed E-state index contributed by atoms with van der Waals surface area (Å²) >= 11 is 0. The van der Waals surface area contributed by atoms with Crippen molar-refractivity contribution in [1.29, 1.82) is 0 Å². The lowest BCUT2D eigenvalue weighted by molar-refractivity contribution is -0.138. The number of carboxylic acid groups (broad SMARTS) is 1. The van der Waals surface area contributed by atoms with Crippen molar-refractivity contribution in [2.24, 2.45) is 0 Å². The minimum absolute atomic E-state index is 0.222. The standard InChI is InChI=1S/C11H11NO4/c13-10(14)7-1-3-8(4-2-7)12-9-5-6-16-11(9)15/h1-4,9,12H,5-6H2,(H,13,14). The van der Waals surface area contributed by atoms with Crippen LogP contribution in [0.3, 0.4) is 0 Å². The number of hydrogen-bond donors (Lipinski definition) is 2. The van der Waals surface area contributed by atoms with Gasteiger partial charge in [-0.25, -0.2) is 9.59 Å². The fraction of sp³-hybridized carbons (Fsp3) is 0.273.